The van der Waals surface area contributed by atoms with Crippen LogP contribution < -0.4 is 5.32 Å². The van der Waals surface area contributed by atoms with Gasteiger partial charge in [-0.3, -0.25) is 4.90 Å². The average Bonchev–Trinajstić information content (AvgIpc) is 3.14. The van der Waals surface area contributed by atoms with Crippen LogP contribution in [0.5, 0.6) is 0 Å². The lowest BCUT2D eigenvalue weighted by atomic mass is 9.65. The summed E-state index contributed by atoms with van der Waals surface area (Å²) in [5, 5.41) is 15.3. The Morgan fingerprint density at radius 3 is 2.00 bits per heavy atom. The SMILES string of the molecule is O=C(NCCN1CCOCC1)N1CCC(CC(CCCN2CCC(O)(c3ccc(Cl)cc3)CC2)(c2ccccc2)c2ccccc2)CC1. The van der Waals surface area contributed by atoms with E-state index in [2.05, 4.69) is 75.8 Å². The van der Waals surface area contributed by atoms with Crippen molar-refractivity contribution in [1.82, 2.24) is 20.0 Å². The van der Waals surface area contributed by atoms with Crippen LogP contribution >= 0.6 is 11.6 Å². The number of rotatable bonds is 12. The number of morpholine rings is 1. The van der Waals surface area contributed by atoms with E-state index in [0.29, 0.717) is 17.5 Å². The molecule has 48 heavy (non-hydrogen) atoms. The van der Waals surface area contributed by atoms with Gasteiger partial charge in [0.25, 0.3) is 0 Å². The number of urea groups is 1. The number of hydrogen-bond acceptors (Lipinski definition) is 5. The molecule has 3 aromatic rings. The van der Waals surface area contributed by atoms with E-state index >= 15 is 0 Å². The normalized spacial score (nSPS) is 19.7. The summed E-state index contributed by atoms with van der Waals surface area (Å²) in [6.07, 6.45) is 6.72. The maximum absolute atomic E-state index is 13.0. The van der Waals surface area contributed by atoms with Crippen molar-refractivity contribution in [2.75, 3.05) is 72.1 Å². The van der Waals surface area contributed by atoms with Crippen LogP contribution in [-0.4, -0.2) is 98.0 Å². The van der Waals surface area contributed by atoms with E-state index in [1.807, 2.05) is 29.2 Å². The van der Waals surface area contributed by atoms with E-state index in [9.17, 15) is 9.90 Å². The molecule has 3 fully saturated rings. The standard InChI is InChI=1S/C40H53ClN4O3/c41-37-14-12-36(13-15-37)40(47)19-25-43(26-20-40)22-7-18-39(34-8-3-1-4-9-34,35-10-5-2-6-11-35)32-33-16-23-45(24-17-33)38(46)42-21-27-44-28-30-48-31-29-44/h1-6,8-15,33,47H,7,16-32H2,(H,42,46). The number of benzene rings is 3. The smallest absolute Gasteiger partial charge is 0.317 e. The van der Waals surface area contributed by atoms with Gasteiger partial charge in [0.05, 0.1) is 18.8 Å². The van der Waals surface area contributed by atoms with Crippen molar-refractivity contribution in [3.8, 4) is 0 Å². The molecule has 3 aliphatic rings. The molecule has 0 bridgehead atoms. The van der Waals surface area contributed by atoms with Gasteiger partial charge >= 0.3 is 6.03 Å². The van der Waals surface area contributed by atoms with Crippen molar-refractivity contribution in [3.63, 3.8) is 0 Å². The van der Waals surface area contributed by atoms with Crippen LogP contribution in [0.2, 0.25) is 5.02 Å². The Kier molecular flexibility index (Phi) is 12.1. The third kappa shape index (κ3) is 8.80. The fourth-order valence-corrected chi connectivity index (χ4v) is 8.32. The Bertz CT molecular complexity index is 1360. The Balaban J connectivity index is 1.08. The molecule has 0 radical (unpaired) electrons. The van der Waals surface area contributed by atoms with Gasteiger partial charge in [0.1, 0.15) is 0 Å². The van der Waals surface area contributed by atoms with Gasteiger partial charge in [0.15, 0.2) is 0 Å². The van der Waals surface area contributed by atoms with E-state index in [-0.39, 0.29) is 11.4 Å². The van der Waals surface area contributed by atoms with Crippen LogP contribution in [-0.2, 0) is 15.8 Å². The molecule has 2 N–H and O–H groups in total. The van der Waals surface area contributed by atoms with Crippen LogP contribution in [0.1, 0.15) is 61.6 Å². The second-order valence-electron chi connectivity index (χ2n) is 14.1. The molecule has 3 aliphatic heterocycles. The largest absolute Gasteiger partial charge is 0.385 e. The first kappa shape index (κ1) is 34.9. The maximum Gasteiger partial charge on any atom is 0.317 e. The molecule has 0 unspecified atom stereocenters. The summed E-state index contributed by atoms with van der Waals surface area (Å²) in [5.74, 6) is 0.534. The number of halogens is 1. The third-order valence-electron chi connectivity index (χ3n) is 11.1. The second-order valence-corrected chi connectivity index (χ2v) is 14.6. The highest BCUT2D eigenvalue weighted by molar-refractivity contribution is 6.30. The van der Waals surface area contributed by atoms with Crippen LogP contribution in [0.25, 0.3) is 0 Å². The quantitative estimate of drug-likeness (QED) is 0.229. The minimum atomic E-state index is -0.784. The van der Waals surface area contributed by atoms with Gasteiger partial charge < -0.3 is 25.0 Å². The summed E-state index contributed by atoms with van der Waals surface area (Å²) in [6, 6.07) is 30.0. The highest BCUT2D eigenvalue weighted by Gasteiger charge is 2.39. The number of aliphatic hydroxyl groups is 1. The Hall–Kier alpha value is -2.94. The third-order valence-corrected chi connectivity index (χ3v) is 11.4. The van der Waals surface area contributed by atoms with Crippen molar-refractivity contribution in [3.05, 3.63) is 107 Å². The fraction of sp³-hybridized carbons (Fsp3) is 0.525. The first-order valence-corrected chi connectivity index (χ1v) is 18.5. The van der Waals surface area contributed by atoms with Gasteiger partial charge in [-0.1, -0.05) is 84.4 Å². The summed E-state index contributed by atoms with van der Waals surface area (Å²) in [6.45, 7) is 9.40. The zero-order chi connectivity index (χ0) is 33.2. The number of likely N-dealkylation sites (tertiary alicyclic amines) is 2. The summed E-state index contributed by atoms with van der Waals surface area (Å²) in [4.78, 5) is 20.0. The molecule has 7 nitrogen and oxygen atoms in total. The number of hydrogen-bond donors (Lipinski definition) is 2. The first-order chi connectivity index (χ1) is 23.4. The Morgan fingerprint density at radius 2 is 1.40 bits per heavy atom. The van der Waals surface area contributed by atoms with Crippen LogP contribution in [0.15, 0.2) is 84.9 Å². The summed E-state index contributed by atoms with van der Waals surface area (Å²) in [5.41, 5.74) is 2.85. The van der Waals surface area contributed by atoms with Gasteiger partial charge in [-0.2, -0.15) is 0 Å². The molecular weight excluding hydrogens is 620 g/mol. The number of ether oxygens (including phenoxy) is 1. The van der Waals surface area contributed by atoms with Crippen molar-refractivity contribution >= 4 is 17.6 Å². The van der Waals surface area contributed by atoms with Gasteiger partial charge in [0, 0.05) is 62.8 Å². The molecule has 258 valence electrons. The predicted molar refractivity (Wildman–Crippen MR) is 193 cm³/mol. The molecule has 0 saturated carbocycles. The zero-order valence-electron chi connectivity index (χ0n) is 28.4. The number of carbonyl (C=O) groups excluding carboxylic acids is 1. The zero-order valence-corrected chi connectivity index (χ0v) is 29.1. The number of piperidine rings is 2. The van der Waals surface area contributed by atoms with E-state index in [1.165, 1.54) is 11.1 Å². The molecule has 8 heteroatoms. The van der Waals surface area contributed by atoms with E-state index in [0.717, 1.165) is 116 Å². The molecule has 6 rings (SSSR count). The Morgan fingerprint density at radius 1 is 0.812 bits per heavy atom. The van der Waals surface area contributed by atoms with Crippen molar-refractivity contribution in [2.45, 2.75) is 56.0 Å². The first-order valence-electron chi connectivity index (χ1n) is 18.1. The lowest BCUT2D eigenvalue weighted by molar-refractivity contribution is -0.0263. The highest BCUT2D eigenvalue weighted by atomic mass is 35.5. The predicted octanol–water partition coefficient (Wildman–Crippen LogP) is 6.53. The van der Waals surface area contributed by atoms with Gasteiger partial charge in [0.2, 0.25) is 0 Å². The summed E-state index contributed by atoms with van der Waals surface area (Å²) in [7, 11) is 0. The molecular formula is C40H53ClN4O3. The highest BCUT2D eigenvalue weighted by Crippen LogP contribution is 2.44. The molecule has 2 amide bonds. The van der Waals surface area contributed by atoms with E-state index in [4.69, 9.17) is 16.3 Å². The maximum atomic E-state index is 13.0. The van der Waals surface area contributed by atoms with Crippen LogP contribution in [0.4, 0.5) is 4.79 Å². The number of amides is 2. The molecule has 0 aromatic heterocycles. The lowest BCUT2D eigenvalue weighted by Crippen LogP contribution is -2.48. The summed E-state index contributed by atoms with van der Waals surface area (Å²) >= 11 is 6.11. The van der Waals surface area contributed by atoms with E-state index in [1.54, 1.807) is 0 Å². The minimum absolute atomic E-state index is 0.0728. The van der Waals surface area contributed by atoms with Gasteiger partial charge in [-0.25, -0.2) is 4.79 Å². The van der Waals surface area contributed by atoms with Crippen molar-refractivity contribution in [2.24, 2.45) is 5.92 Å². The lowest BCUT2D eigenvalue weighted by Gasteiger charge is -2.42. The van der Waals surface area contributed by atoms with E-state index < -0.39 is 5.60 Å². The fourth-order valence-electron chi connectivity index (χ4n) is 8.20. The molecule has 3 heterocycles. The number of carbonyl (C=O) groups is 1. The number of nitrogens with zero attached hydrogens (tertiary/aromatic N) is 3. The van der Waals surface area contributed by atoms with Crippen molar-refractivity contribution < 1.29 is 14.6 Å². The molecule has 3 aromatic carbocycles. The van der Waals surface area contributed by atoms with Crippen LogP contribution in [0, 0.1) is 5.92 Å². The van der Waals surface area contributed by atoms with Gasteiger partial charge in [-0.05, 0) is 86.2 Å². The van der Waals surface area contributed by atoms with Gasteiger partial charge in [-0.15, -0.1) is 0 Å². The van der Waals surface area contributed by atoms with Crippen LogP contribution in [0.3, 0.4) is 0 Å². The molecule has 3 saturated heterocycles. The molecule has 0 atom stereocenters. The average molecular weight is 673 g/mol. The van der Waals surface area contributed by atoms with Crippen molar-refractivity contribution in [1.29, 1.82) is 0 Å². The second kappa shape index (κ2) is 16.6. The topological polar surface area (TPSA) is 68.3 Å². The Labute approximate surface area is 292 Å². The monoisotopic (exact) mass is 672 g/mol. The minimum Gasteiger partial charge on any atom is -0.385 e. The molecule has 0 aliphatic carbocycles. The molecule has 0 spiro atoms. The number of nitrogens with one attached hydrogen (secondary N) is 1. The summed E-state index contributed by atoms with van der Waals surface area (Å²) < 4.78 is 5.45.